The first-order chi connectivity index (χ1) is 15.0. The second-order valence-electron chi connectivity index (χ2n) is 7.52. The van der Waals surface area contributed by atoms with Gasteiger partial charge < -0.3 is 9.84 Å². The van der Waals surface area contributed by atoms with Gasteiger partial charge in [0.15, 0.2) is 0 Å². The Labute approximate surface area is 182 Å². The number of rotatable bonds is 9. The van der Waals surface area contributed by atoms with Gasteiger partial charge in [0.1, 0.15) is 11.6 Å². The van der Waals surface area contributed by atoms with Crippen molar-refractivity contribution < 1.29 is 19.0 Å². The Morgan fingerprint density at radius 1 is 0.935 bits per heavy atom. The molecule has 3 nitrogen and oxygen atoms in total. The Balaban J connectivity index is 1.72. The first-order valence-corrected chi connectivity index (χ1v) is 10.5. The molecule has 0 amide bonds. The highest BCUT2D eigenvalue weighted by molar-refractivity contribution is 5.89. The minimum absolute atomic E-state index is 0.0178. The number of ether oxygens (including phenoxy) is 1. The normalized spacial score (nSPS) is 10.7. The van der Waals surface area contributed by atoms with Crippen molar-refractivity contribution in [2.45, 2.75) is 32.6 Å². The quantitative estimate of drug-likeness (QED) is 0.191. The van der Waals surface area contributed by atoms with Crippen LogP contribution in [0.15, 0.2) is 78.9 Å². The van der Waals surface area contributed by atoms with Gasteiger partial charge in [-0.05, 0) is 53.3 Å². The molecule has 1 N–H and O–H groups in total. The minimum Gasteiger partial charge on any atom is -0.423 e. The lowest BCUT2D eigenvalue weighted by Crippen LogP contribution is -2.12. The Kier molecular flexibility index (Phi) is 7.74. The number of carbonyl (C=O) groups excluding carboxylic acids is 1. The van der Waals surface area contributed by atoms with Crippen molar-refractivity contribution in [1.82, 2.24) is 0 Å². The van der Waals surface area contributed by atoms with Crippen molar-refractivity contribution in [2.24, 2.45) is 0 Å². The molecule has 0 spiro atoms. The summed E-state index contributed by atoms with van der Waals surface area (Å²) in [6, 6.07) is 20.0. The van der Waals surface area contributed by atoms with Crippen LogP contribution in [0.5, 0.6) is 5.75 Å². The molecule has 0 aliphatic rings. The van der Waals surface area contributed by atoms with Gasteiger partial charge in [-0.25, -0.2) is 9.18 Å². The van der Waals surface area contributed by atoms with Gasteiger partial charge in [-0.3, -0.25) is 0 Å². The largest absolute Gasteiger partial charge is 0.423 e. The smallest absolute Gasteiger partial charge is 0.341 e. The Bertz CT molecular complexity index is 1040. The van der Waals surface area contributed by atoms with Crippen LogP contribution in [-0.2, 0) is 11.2 Å². The predicted molar refractivity (Wildman–Crippen MR) is 122 cm³/mol. The zero-order valence-corrected chi connectivity index (χ0v) is 17.7. The summed E-state index contributed by atoms with van der Waals surface area (Å²) in [5.41, 5.74) is 4.22. The lowest BCUT2D eigenvalue weighted by atomic mass is 9.98. The van der Waals surface area contributed by atoms with E-state index in [0.29, 0.717) is 11.3 Å². The fourth-order valence-electron chi connectivity index (χ4n) is 3.32. The lowest BCUT2D eigenvalue weighted by molar-refractivity contribution is -0.130. The monoisotopic (exact) mass is 418 g/mol. The molecule has 4 heteroatoms. The molecule has 0 radical (unpaired) electrons. The van der Waals surface area contributed by atoms with Gasteiger partial charge in [-0.15, -0.1) is 0 Å². The van der Waals surface area contributed by atoms with E-state index >= 15 is 0 Å². The summed E-state index contributed by atoms with van der Waals surface area (Å²) in [5.74, 6) is -0.632. The maximum absolute atomic E-state index is 14.8. The Morgan fingerprint density at radius 3 is 2.19 bits per heavy atom. The number of benzene rings is 3. The maximum Gasteiger partial charge on any atom is 0.341 e. The van der Waals surface area contributed by atoms with Crippen LogP contribution in [0.4, 0.5) is 4.39 Å². The van der Waals surface area contributed by atoms with E-state index < -0.39 is 12.6 Å². The van der Waals surface area contributed by atoms with Crippen LogP contribution in [0.3, 0.4) is 0 Å². The molecular weight excluding hydrogens is 391 g/mol. The fraction of sp³-hybridized carbons (Fsp3) is 0.222. The van der Waals surface area contributed by atoms with Gasteiger partial charge in [0.2, 0.25) is 0 Å². The van der Waals surface area contributed by atoms with E-state index in [2.05, 4.69) is 25.6 Å². The second kappa shape index (κ2) is 10.7. The third-order valence-corrected chi connectivity index (χ3v) is 5.18. The molecular formula is C27H27FO3. The molecule has 0 bridgehead atoms. The van der Waals surface area contributed by atoms with E-state index in [4.69, 9.17) is 9.84 Å². The summed E-state index contributed by atoms with van der Waals surface area (Å²) in [7, 11) is 0. The first-order valence-electron chi connectivity index (χ1n) is 10.5. The zero-order valence-electron chi connectivity index (χ0n) is 17.7. The number of hydrogen-bond acceptors (Lipinski definition) is 3. The summed E-state index contributed by atoms with van der Waals surface area (Å²) in [6.07, 6.45) is 4.64. The van der Waals surface area contributed by atoms with Crippen LogP contribution in [0.25, 0.3) is 22.3 Å². The molecule has 0 aliphatic carbocycles. The SMILES string of the molecule is C=C(CO)C(=O)Oc1ccc(-c2ccc(-c3ccc(CCCCC)cc3)c(F)c2)cc1. The molecule has 0 fully saturated rings. The van der Waals surface area contributed by atoms with Crippen LogP contribution in [0.1, 0.15) is 31.7 Å². The molecule has 0 unspecified atom stereocenters. The molecule has 31 heavy (non-hydrogen) atoms. The fourth-order valence-corrected chi connectivity index (χ4v) is 3.32. The number of aryl methyl sites for hydroxylation is 1. The highest BCUT2D eigenvalue weighted by atomic mass is 19.1. The number of esters is 1. The van der Waals surface area contributed by atoms with E-state index in [1.165, 1.54) is 30.9 Å². The maximum atomic E-state index is 14.8. The molecule has 0 heterocycles. The highest BCUT2D eigenvalue weighted by Crippen LogP contribution is 2.29. The third kappa shape index (κ3) is 5.89. The van der Waals surface area contributed by atoms with Gasteiger partial charge in [0, 0.05) is 5.56 Å². The summed E-state index contributed by atoms with van der Waals surface area (Å²) >= 11 is 0. The van der Waals surface area contributed by atoms with Gasteiger partial charge in [-0.2, -0.15) is 0 Å². The highest BCUT2D eigenvalue weighted by Gasteiger charge is 2.10. The van der Waals surface area contributed by atoms with Crippen molar-refractivity contribution in [3.05, 3.63) is 90.3 Å². The van der Waals surface area contributed by atoms with Crippen LogP contribution in [-0.4, -0.2) is 17.7 Å². The molecule has 0 atom stereocenters. The van der Waals surface area contributed by atoms with Gasteiger partial charge in [-0.1, -0.05) is 74.9 Å². The number of hydrogen-bond donors (Lipinski definition) is 1. The van der Waals surface area contributed by atoms with Crippen LogP contribution >= 0.6 is 0 Å². The average Bonchev–Trinajstić information content (AvgIpc) is 2.79. The van der Waals surface area contributed by atoms with E-state index in [1.54, 1.807) is 30.3 Å². The van der Waals surface area contributed by atoms with Crippen molar-refractivity contribution >= 4 is 5.97 Å². The molecule has 0 saturated carbocycles. The van der Waals surface area contributed by atoms with Crippen molar-refractivity contribution in [3.8, 4) is 28.0 Å². The molecule has 0 aromatic heterocycles. The van der Waals surface area contributed by atoms with Crippen LogP contribution < -0.4 is 4.74 Å². The van der Waals surface area contributed by atoms with Gasteiger partial charge in [0.25, 0.3) is 0 Å². The number of carbonyl (C=O) groups is 1. The molecule has 3 aromatic carbocycles. The van der Waals surface area contributed by atoms with Crippen LogP contribution in [0.2, 0.25) is 0 Å². The van der Waals surface area contributed by atoms with E-state index in [-0.39, 0.29) is 11.4 Å². The van der Waals surface area contributed by atoms with Crippen LogP contribution in [0, 0.1) is 5.82 Å². The third-order valence-electron chi connectivity index (χ3n) is 5.18. The van der Waals surface area contributed by atoms with E-state index in [9.17, 15) is 9.18 Å². The summed E-state index contributed by atoms with van der Waals surface area (Å²) in [5, 5.41) is 8.93. The Morgan fingerprint density at radius 2 is 1.58 bits per heavy atom. The van der Waals surface area contributed by atoms with E-state index in [1.807, 2.05) is 18.2 Å². The van der Waals surface area contributed by atoms with Crippen molar-refractivity contribution in [2.75, 3.05) is 6.61 Å². The lowest BCUT2D eigenvalue weighted by Gasteiger charge is -2.09. The predicted octanol–water partition coefficient (Wildman–Crippen LogP) is 6.35. The van der Waals surface area contributed by atoms with Gasteiger partial charge in [0.05, 0.1) is 12.2 Å². The number of aliphatic hydroxyl groups is 1. The summed E-state index contributed by atoms with van der Waals surface area (Å²) in [4.78, 5) is 11.7. The van der Waals surface area contributed by atoms with E-state index in [0.717, 1.165) is 23.1 Å². The van der Waals surface area contributed by atoms with Gasteiger partial charge >= 0.3 is 5.97 Å². The number of unbranched alkanes of at least 4 members (excludes halogenated alkanes) is 2. The summed E-state index contributed by atoms with van der Waals surface area (Å²) in [6.45, 7) is 5.17. The topological polar surface area (TPSA) is 46.5 Å². The molecule has 160 valence electrons. The average molecular weight is 419 g/mol. The Hall–Kier alpha value is -3.24. The molecule has 0 aliphatic heterocycles. The zero-order chi connectivity index (χ0) is 22.2. The first kappa shape index (κ1) is 22.4. The number of halogens is 1. The number of aliphatic hydroxyl groups excluding tert-OH is 1. The van der Waals surface area contributed by atoms with Crippen molar-refractivity contribution in [3.63, 3.8) is 0 Å². The summed E-state index contributed by atoms with van der Waals surface area (Å²) < 4.78 is 20.0. The molecule has 0 saturated heterocycles. The van der Waals surface area contributed by atoms with Crippen molar-refractivity contribution in [1.29, 1.82) is 0 Å². The standard InChI is InChI=1S/C27H27FO3/c1-3-4-5-6-20-7-9-22(10-8-20)25-16-13-23(17-26(25)28)21-11-14-24(15-12-21)31-27(30)19(2)18-29/h7-17,29H,2-6,18H2,1H3. The second-order valence-corrected chi connectivity index (χ2v) is 7.52. The molecule has 3 rings (SSSR count). The minimum atomic E-state index is -0.679. The molecule has 3 aromatic rings.